The quantitative estimate of drug-likeness (QED) is 0.442. The summed E-state index contributed by atoms with van der Waals surface area (Å²) in [4.78, 5) is 25.5. The normalized spacial score (nSPS) is 13.3. The van der Waals surface area contributed by atoms with Gasteiger partial charge in [0.15, 0.2) is 0 Å². The summed E-state index contributed by atoms with van der Waals surface area (Å²) in [6, 6.07) is 9.90. The van der Waals surface area contributed by atoms with Crippen molar-refractivity contribution in [1.82, 2.24) is 15.5 Å². The number of benzene rings is 2. The van der Waals surface area contributed by atoms with E-state index >= 15 is 0 Å². The smallest absolute Gasteiger partial charge is 0.340 e. The van der Waals surface area contributed by atoms with Gasteiger partial charge in [0.2, 0.25) is 11.0 Å². The largest absolute Gasteiger partial charge is 0.416 e. The van der Waals surface area contributed by atoms with E-state index in [0.717, 1.165) is 41.2 Å². The lowest BCUT2D eigenvalue weighted by Gasteiger charge is -2.23. The van der Waals surface area contributed by atoms with Gasteiger partial charge in [-0.3, -0.25) is 14.9 Å². The second-order valence-electron chi connectivity index (χ2n) is 7.32. The van der Waals surface area contributed by atoms with E-state index < -0.39 is 29.6 Å². The predicted molar refractivity (Wildman–Crippen MR) is 121 cm³/mol. The van der Waals surface area contributed by atoms with Gasteiger partial charge in [0.05, 0.1) is 5.56 Å². The molecular weight excluding hydrogens is 477 g/mol. The van der Waals surface area contributed by atoms with E-state index in [2.05, 4.69) is 20.8 Å². The van der Waals surface area contributed by atoms with Crippen LogP contribution in [0, 0.1) is 5.92 Å². The van der Waals surface area contributed by atoms with Crippen LogP contribution >= 0.6 is 22.9 Å². The third kappa shape index (κ3) is 6.29. The van der Waals surface area contributed by atoms with Crippen LogP contribution in [0.1, 0.15) is 36.2 Å². The minimum atomic E-state index is -4.50. The number of alkyl halides is 3. The van der Waals surface area contributed by atoms with Crippen LogP contribution in [-0.4, -0.2) is 28.1 Å². The summed E-state index contributed by atoms with van der Waals surface area (Å²) >= 11 is 7.15. The van der Waals surface area contributed by atoms with Gasteiger partial charge in [-0.05, 0) is 42.3 Å². The molecule has 0 spiro atoms. The molecule has 2 N–H and O–H groups in total. The van der Waals surface area contributed by atoms with Crippen LogP contribution in [0.3, 0.4) is 0 Å². The molecule has 2 aromatic carbocycles. The van der Waals surface area contributed by atoms with E-state index in [1.165, 1.54) is 0 Å². The van der Waals surface area contributed by atoms with Crippen molar-refractivity contribution in [3.63, 3.8) is 0 Å². The maximum atomic E-state index is 12.9. The molecule has 3 rings (SSSR count). The van der Waals surface area contributed by atoms with Gasteiger partial charge in [0.25, 0.3) is 5.91 Å². The van der Waals surface area contributed by atoms with Gasteiger partial charge >= 0.3 is 6.18 Å². The molecule has 0 aliphatic rings. The van der Waals surface area contributed by atoms with Crippen LogP contribution in [0.15, 0.2) is 48.5 Å². The lowest BCUT2D eigenvalue weighted by Crippen LogP contribution is -2.47. The zero-order chi connectivity index (χ0) is 24.2. The zero-order valence-corrected chi connectivity index (χ0v) is 19.2. The first-order valence-electron chi connectivity index (χ1n) is 9.97. The van der Waals surface area contributed by atoms with E-state index in [1.807, 2.05) is 13.0 Å². The van der Waals surface area contributed by atoms with Gasteiger partial charge in [-0.2, -0.15) is 13.2 Å². The number of halogens is 4. The Hall–Kier alpha value is -2.98. The molecule has 2 atom stereocenters. The minimum absolute atomic E-state index is 0.0169. The fraction of sp³-hybridized carbons (Fsp3) is 0.273. The Labute approximate surface area is 197 Å². The molecule has 0 saturated heterocycles. The van der Waals surface area contributed by atoms with Crippen molar-refractivity contribution >= 4 is 39.9 Å². The van der Waals surface area contributed by atoms with Crippen molar-refractivity contribution in [2.45, 2.75) is 32.5 Å². The van der Waals surface area contributed by atoms with E-state index in [0.29, 0.717) is 16.5 Å². The van der Waals surface area contributed by atoms with E-state index in [-0.39, 0.29) is 16.6 Å². The number of rotatable bonds is 7. The molecule has 0 aliphatic heterocycles. The number of aromatic nitrogens is 2. The molecule has 174 valence electrons. The number of hydrogen-bond donors (Lipinski definition) is 2. The third-order valence-electron chi connectivity index (χ3n) is 4.98. The van der Waals surface area contributed by atoms with E-state index in [9.17, 15) is 22.8 Å². The van der Waals surface area contributed by atoms with Gasteiger partial charge in [-0.15, -0.1) is 10.2 Å². The van der Waals surface area contributed by atoms with Gasteiger partial charge < -0.3 is 5.32 Å². The van der Waals surface area contributed by atoms with Crippen molar-refractivity contribution in [2.75, 3.05) is 5.32 Å². The molecular formula is C22H20ClF3N4O2S. The molecule has 1 aromatic heterocycles. The summed E-state index contributed by atoms with van der Waals surface area (Å²) in [6.07, 6.45) is -3.92. The summed E-state index contributed by atoms with van der Waals surface area (Å²) in [6.45, 7) is 3.65. The molecule has 0 radical (unpaired) electrons. The molecule has 2 unspecified atom stereocenters. The highest BCUT2D eigenvalue weighted by Gasteiger charge is 2.31. The summed E-state index contributed by atoms with van der Waals surface area (Å²) in [5, 5.41) is 14.6. The topological polar surface area (TPSA) is 84.0 Å². The minimum Gasteiger partial charge on any atom is -0.340 e. The van der Waals surface area contributed by atoms with Crippen LogP contribution in [-0.2, 0) is 11.0 Å². The van der Waals surface area contributed by atoms with Crippen molar-refractivity contribution in [3.8, 4) is 10.6 Å². The summed E-state index contributed by atoms with van der Waals surface area (Å²) in [5.74, 6) is -1.40. The Kier molecular flexibility index (Phi) is 7.70. The highest BCUT2D eigenvalue weighted by atomic mass is 35.5. The number of nitrogens with zero attached hydrogens (tertiary/aromatic N) is 2. The number of carbonyl (C=O) groups is 2. The molecule has 6 nitrogen and oxygen atoms in total. The van der Waals surface area contributed by atoms with Crippen LogP contribution in [0.5, 0.6) is 0 Å². The molecule has 2 amide bonds. The summed E-state index contributed by atoms with van der Waals surface area (Å²) in [5.41, 5.74) is -0.0973. The first kappa shape index (κ1) is 24.7. The number of anilines is 1. The van der Waals surface area contributed by atoms with Crippen molar-refractivity contribution < 1.29 is 22.8 Å². The average Bonchev–Trinajstić information content (AvgIpc) is 3.24. The van der Waals surface area contributed by atoms with E-state index in [4.69, 9.17) is 11.6 Å². The van der Waals surface area contributed by atoms with Crippen molar-refractivity contribution in [2.24, 2.45) is 5.92 Å². The summed E-state index contributed by atoms with van der Waals surface area (Å²) < 4.78 is 38.3. The number of nitrogens with one attached hydrogen (secondary N) is 2. The Bertz CT molecular complexity index is 1140. The first-order chi connectivity index (χ1) is 15.6. The lowest BCUT2D eigenvalue weighted by atomic mass is 9.98. The predicted octanol–water partition coefficient (Wildman–Crippen LogP) is 5.66. The zero-order valence-electron chi connectivity index (χ0n) is 17.6. The average molecular weight is 497 g/mol. The van der Waals surface area contributed by atoms with Gasteiger partial charge in [-0.1, -0.05) is 55.3 Å². The number of hydrogen-bond acceptors (Lipinski definition) is 5. The highest BCUT2D eigenvalue weighted by molar-refractivity contribution is 7.18. The second-order valence-corrected chi connectivity index (χ2v) is 8.74. The Morgan fingerprint density at radius 2 is 1.82 bits per heavy atom. The molecule has 3 aromatic rings. The molecule has 0 fully saturated rings. The SMILES string of the molecule is CCC(C)C(NC(=O)c1ccc(C(F)(F)F)cc1)C(=O)Nc1nnc(-c2cccc(Cl)c2)s1. The van der Waals surface area contributed by atoms with Crippen molar-refractivity contribution in [3.05, 3.63) is 64.7 Å². The van der Waals surface area contributed by atoms with Gasteiger partial charge in [0, 0.05) is 16.1 Å². The van der Waals surface area contributed by atoms with Crippen LogP contribution in [0.25, 0.3) is 10.6 Å². The van der Waals surface area contributed by atoms with Crippen LogP contribution < -0.4 is 10.6 Å². The highest BCUT2D eigenvalue weighted by Crippen LogP contribution is 2.30. The number of carbonyl (C=O) groups excluding carboxylic acids is 2. The summed E-state index contributed by atoms with van der Waals surface area (Å²) in [7, 11) is 0. The number of amides is 2. The Morgan fingerprint density at radius 3 is 2.42 bits per heavy atom. The fourth-order valence-corrected chi connectivity index (χ4v) is 3.87. The molecule has 33 heavy (non-hydrogen) atoms. The second kappa shape index (κ2) is 10.3. The Morgan fingerprint density at radius 1 is 1.12 bits per heavy atom. The molecule has 0 saturated carbocycles. The van der Waals surface area contributed by atoms with Crippen LogP contribution in [0.2, 0.25) is 5.02 Å². The molecule has 0 aliphatic carbocycles. The standard InChI is InChI=1S/C22H20ClF3N4O2S/c1-3-12(2)17(27-18(31)13-7-9-15(10-8-13)22(24,25)26)19(32)28-21-30-29-20(33-21)14-5-4-6-16(23)11-14/h4-12,17H,3H2,1-2H3,(H,27,31)(H,28,30,32). The lowest BCUT2D eigenvalue weighted by molar-refractivity contribution is -0.137. The van der Waals surface area contributed by atoms with Gasteiger partial charge in [0.1, 0.15) is 11.0 Å². The monoisotopic (exact) mass is 496 g/mol. The Balaban J connectivity index is 1.72. The van der Waals surface area contributed by atoms with Gasteiger partial charge in [-0.25, -0.2) is 0 Å². The molecule has 1 heterocycles. The fourth-order valence-electron chi connectivity index (χ4n) is 2.93. The third-order valence-corrected chi connectivity index (χ3v) is 6.11. The van der Waals surface area contributed by atoms with Crippen LogP contribution in [0.4, 0.5) is 18.3 Å². The molecule has 0 bridgehead atoms. The maximum Gasteiger partial charge on any atom is 0.416 e. The maximum absolute atomic E-state index is 12.9. The first-order valence-corrected chi connectivity index (χ1v) is 11.2. The van der Waals surface area contributed by atoms with Crippen molar-refractivity contribution in [1.29, 1.82) is 0 Å². The van der Waals surface area contributed by atoms with E-state index in [1.54, 1.807) is 25.1 Å². The molecule has 11 heteroatoms.